The summed E-state index contributed by atoms with van der Waals surface area (Å²) in [5, 5.41) is 0.362. The zero-order valence-electron chi connectivity index (χ0n) is 21.2. The average Bonchev–Trinajstić information content (AvgIpc) is 3.15. The van der Waals surface area contributed by atoms with Crippen LogP contribution in [-0.2, 0) is 21.1 Å². The lowest BCUT2D eigenvalue weighted by Gasteiger charge is -2.33. The highest BCUT2D eigenvalue weighted by molar-refractivity contribution is 7.90. The molecule has 7 nitrogen and oxygen atoms in total. The van der Waals surface area contributed by atoms with Crippen LogP contribution in [0.2, 0.25) is 5.02 Å². The largest absolute Gasteiger partial charge is 0.444 e. The Morgan fingerprint density at radius 2 is 1.97 bits per heavy atom. The molecule has 1 aromatic carbocycles. The first-order chi connectivity index (χ1) is 17.2. The average molecular weight is 552 g/mol. The molecule has 3 aromatic rings. The minimum Gasteiger partial charge on any atom is -0.444 e. The number of hydrogen-bond donors (Lipinski definition) is 0. The molecule has 0 radical (unpaired) electrons. The maximum Gasteiger partial charge on any atom is 0.410 e. The van der Waals surface area contributed by atoms with Gasteiger partial charge in [0.2, 0.25) is 0 Å². The van der Waals surface area contributed by atoms with E-state index in [1.165, 1.54) is 12.3 Å². The molecule has 0 N–H and O–H groups in total. The lowest BCUT2D eigenvalue weighted by Crippen LogP contribution is -2.41. The molecule has 0 aliphatic carbocycles. The van der Waals surface area contributed by atoms with Gasteiger partial charge in [-0.3, -0.25) is 4.98 Å². The first-order valence-electron chi connectivity index (χ1n) is 11.7. The van der Waals surface area contributed by atoms with Gasteiger partial charge in [0, 0.05) is 37.1 Å². The van der Waals surface area contributed by atoms with Gasteiger partial charge in [-0.1, -0.05) is 24.6 Å². The number of ether oxygens (including phenoxy) is 1. The van der Waals surface area contributed by atoms with Gasteiger partial charge in [-0.15, -0.1) is 0 Å². The Kier molecular flexibility index (Phi) is 7.11. The topological polar surface area (TPSA) is 81.5 Å². The van der Waals surface area contributed by atoms with Crippen molar-refractivity contribution in [2.24, 2.45) is 5.92 Å². The molecular weight excluding hydrogens is 524 g/mol. The van der Waals surface area contributed by atoms with E-state index in [1.807, 2.05) is 33.8 Å². The second-order valence-electron chi connectivity index (χ2n) is 10.2. The van der Waals surface area contributed by atoms with Gasteiger partial charge in [-0.05, 0) is 56.0 Å². The van der Waals surface area contributed by atoms with E-state index in [9.17, 15) is 22.0 Å². The van der Waals surface area contributed by atoms with Crippen molar-refractivity contribution in [1.82, 2.24) is 14.5 Å². The second kappa shape index (κ2) is 9.72. The zero-order valence-corrected chi connectivity index (χ0v) is 22.8. The van der Waals surface area contributed by atoms with Gasteiger partial charge >= 0.3 is 6.09 Å². The van der Waals surface area contributed by atoms with Crippen LogP contribution in [0.25, 0.3) is 16.5 Å². The number of hydrogen-bond acceptors (Lipinski definition) is 5. The molecule has 0 bridgehead atoms. The number of amides is 1. The van der Waals surface area contributed by atoms with E-state index in [-0.39, 0.29) is 29.5 Å². The van der Waals surface area contributed by atoms with E-state index in [0.29, 0.717) is 23.8 Å². The third-order valence-corrected chi connectivity index (χ3v) is 7.52. The highest BCUT2D eigenvalue weighted by atomic mass is 35.5. The number of benzene rings is 1. The molecule has 1 aliphatic rings. The van der Waals surface area contributed by atoms with Crippen molar-refractivity contribution >= 4 is 44.0 Å². The fourth-order valence-corrected chi connectivity index (χ4v) is 5.49. The molecule has 0 saturated carbocycles. The summed E-state index contributed by atoms with van der Waals surface area (Å²) in [7, 11) is -4.08. The van der Waals surface area contributed by atoms with Crippen molar-refractivity contribution in [1.29, 1.82) is 0 Å². The van der Waals surface area contributed by atoms with Crippen LogP contribution in [0.1, 0.15) is 39.0 Å². The highest BCUT2D eigenvalue weighted by Crippen LogP contribution is 2.32. The molecule has 1 amide bonds. The molecule has 0 saturated heterocycles. The molecule has 3 heterocycles. The predicted octanol–water partition coefficient (Wildman–Crippen LogP) is 5.69. The smallest absolute Gasteiger partial charge is 0.410 e. The highest BCUT2D eigenvalue weighted by Gasteiger charge is 2.28. The van der Waals surface area contributed by atoms with Gasteiger partial charge in [-0.25, -0.2) is 22.0 Å². The maximum absolute atomic E-state index is 14.8. The van der Waals surface area contributed by atoms with Crippen molar-refractivity contribution in [2.45, 2.75) is 44.7 Å². The Labute approximate surface area is 219 Å². The number of sulfone groups is 1. The number of nitrogens with zero attached hydrogens (tertiary/aromatic N) is 3. The Bertz CT molecular complexity index is 1530. The summed E-state index contributed by atoms with van der Waals surface area (Å²) in [5.41, 5.74) is 1.92. The molecule has 1 atom stereocenters. The minimum absolute atomic E-state index is 0.00899. The van der Waals surface area contributed by atoms with Crippen LogP contribution in [0.15, 0.2) is 41.6 Å². The predicted molar refractivity (Wildman–Crippen MR) is 138 cm³/mol. The molecule has 2 aromatic heterocycles. The first kappa shape index (κ1) is 27.1. The molecule has 4 rings (SSSR count). The summed E-state index contributed by atoms with van der Waals surface area (Å²) in [6.07, 6.45) is 5.57. The van der Waals surface area contributed by atoms with Crippen LogP contribution < -0.4 is 0 Å². The molecule has 198 valence electrons. The van der Waals surface area contributed by atoms with E-state index in [1.54, 1.807) is 21.7 Å². The number of carbonyl (C=O) groups excluding carboxylic acids is 1. The van der Waals surface area contributed by atoms with Crippen molar-refractivity contribution in [2.75, 3.05) is 19.3 Å². The van der Waals surface area contributed by atoms with Crippen LogP contribution in [0.3, 0.4) is 0 Å². The normalized spacial score (nSPS) is 16.7. The van der Waals surface area contributed by atoms with Gasteiger partial charge in [0.05, 0.1) is 22.8 Å². The van der Waals surface area contributed by atoms with Crippen molar-refractivity contribution in [3.05, 3.63) is 64.6 Å². The van der Waals surface area contributed by atoms with E-state index < -0.39 is 32.0 Å². The van der Waals surface area contributed by atoms with Crippen molar-refractivity contribution in [3.8, 4) is 0 Å². The van der Waals surface area contributed by atoms with E-state index in [4.69, 9.17) is 16.3 Å². The number of pyridine rings is 1. The van der Waals surface area contributed by atoms with Gasteiger partial charge < -0.3 is 14.2 Å². The molecular formula is C26H28ClF2N3O4S. The lowest BCUT2D eigenvalue weighted by molar-refractivity contribution is 0.0251. The van der Waals surface area contributed by atoms with E-state index >= 15 is 0 Å². The number of fused-ring (bicyclic) bond motifs is 1. The van der Waals surface area contributed by atoms with E-state index in [2.05, 4.69) is 4.98 Å². The standard InChI is InChI=1S/C26H28ClF2N3O4S/c1-15-13-32(25(33)36-26(2,3)4)9-6-17(15)16-10-19(27)21(30-12-16)14-31-8-7-18-22(31)11-20(28)24(23(18)29)37(5,34)35/h6-8,10-12,15H,9,13-14H2,1-5H3. The first-order valence-corrected chi connectivity index (χ1v) is 13.9. The van der Waals surface area contributed by atoms with Crippen LogP contribution in [0.4, 0.5) is 13.6 Å². The van der Waals surface area contributed by atoms with Crippen LogP contribution in [0.5, 0.6) is 0 Å². The summed E-state index contributed by atoms with van der Waals surface area (Å²) in [6.45, 7) is 8.49. The Morgan fingerprint density at radius 1 is 1.27 bits per heavy atom. The number of rotatable bonds is 4. The van der Waals surface area contributed by atoms with Crippen LogP contribution in [0, 0.1) is 17.6 Å². The number of carbonyl (C=O) groups is 1. The van der Waals surface area contributed by atoms with E-state index in [0.717, 1.165) is 23.5 Å². The SMILES string of the molecule is CC1CN(C(=O)OC(C)(C)C)CC=C1c1cnc(Cn2ccc3c(F)c(S(C)(=O)=O)c(F)cc32)c(Cl)c1. The Balaban J connectivity index is 1.57. The maximum atomic E-state index is 14.8. The minimum atomic E-state index is -4.08. The van der Waals surface area contributed by atoms with Crippen LogP contribution in [-0.4, -0.2) is 53.9 Å². The Morgan fingerprint density at radius 3 is 2.57 bits per heavy atom. The molecule has 1 aliphatic heterocycles. The molecule has 37 heavy (non-hydrogen) atoms. The van der Waals surface area contributed by atoms with Gasteiger partial charge in [0.1, 0.15) is 16.3 Å². The second-order valence-corrected chi connectivity index (χ2v) is 12.6. The fourth-order valence-electron chi connectivity index (χ4n) is 4.41. The zero-order chi connectivity index (χ0) is 27.3. The summed E-state index contributed by atoms with van der Waals surface area (Å²) >= 11 is 6.55. The molecule has 0 spiro atoms. The summed E-state index contributed by atoms with van der Waals surface area (Å²) in [6, 6.07) is 4.18. The Hall–Kier alpha value is -2.98. The van der Waals surface area contributed by atoms with Crippen molar-refractivity contribution in [3.63, 3.8) is 0 Å². The molecule has 11 heteroatoms. The third kappa shape index (κ3) is 5.65. The van der Waals surface area contributed by atoms with Crippen molar-refractivity contribution < 1.29 is 26.7 Å². The quantitative estimate of drug-likeness (QED) is 0.416. The lowest BCUT2D eigenvalue weighted by atomic mass is 9.91. The summed E-state index contributed by atoms with van der Waals surface area (Å²) in [5.74, 6) is -2.25. The number of halogens is 3. The fraction of sp³-hybridized carbons (Fsp3) is 0.385. The monoisotopic (exact) mass is 551 g/mol. The molecule has 0 fully saturated rings. The van der Waals surface area contributed by atoms with Gasteiger partial charge in [0.15, 0.2) is 15.7 Å². The van der Waals surface area contributed by atoms with Gasteiger partial charge in [0.25, 0.3) is 0 Å². The molecule has 1 unspecified atom stereocenters. The summed E-state index contributed by atoms with van der Waals surface area (Å²) < 4.78 is 59.9. The van der Waals surface area contributed by atoms with Gasteiger partial charge in [-0.2, -0.15) is 0 Å². The van der Waals surface area contributed by atoms with Crippen LogP contribution >= 0.6 is 11.6 Å². The summed E-state index contributed by atoms with van der Waals surface area (Å²) in [4.78, 5) is 17.6. The third-order valence-electron chi connectivity index (χ3n) is 6.07. The number of aromatic nitrogens is 2.